The molecule has 0 saturated heterocycles. The van der Waals surface area contributed by atoms with Crippen molar-refractivity contribution in [1.82, 2.24) is 0 Å². The van der Waals surface area contributed by atoms with E-state index < -0.39 is 6.10 Å². The van der Waals surface area contributed by atoms with Gasteiger partial charge in [-0.1, -0.05) is 66.5 Å². The maximum absolute atomic E-state index is 13.8. The van der Waals surface area contributed by atoms with Gasteiger partial charge in [0.05, 0.1) is 6.10 Å². The quantitative estimate of drug-likeness (QED) is 0.475. The highest BCUT2D eigenvalue weighted by atomic mass is 16.3. The first kappa shape index (κ1) is 23.3. The van der Waals surface area contributed by atoms with E-state index in [1.165, 1.54) is 36.8 Å². The summed E-state index contributed by atoms with van der Waals surface area (Å²) in [6.45, 7) is 18.2. The fourth-order valence-corrected chi connectivity index (χ4v) is 8.66. The number of hydrogen-bond acceptors (Lipinski definition) is 2. The summed E-state index contributed by atoms with van der Waals surface area (Å²) >= 11 is 0. The molecule has 2 fully saturated rings. The average Bonchev–Trinajstić information content (AvgIpc) is 3.03. The van der Waals surface area contributed by atoms with Crippen molar-refractivity contribution in [1.29, 1.82) is 0 Å². The Kier molecular flexibility index (Phi) is 6.12. The molecule has 0 aromatic carbocycles. The standard InChI is InChI=1S/C29H46O2/c1-17(2)18(3)10-11-20(5)21-12-13-22-26-24(30)15-23-19(4)9-8-14-28(23,6)27(26)25(31)16-29(21,22)7/h17,19-24,30H,3,8-16H2,1-2,4-7H3/t19-,20-,21-,22+,23?,24?,28+,29-/m1/s1. The molecule has 4 rings (SSSR count). The van der Waals surface area contributed by atoms with E-state index in [0.29, 0.717) is 47.7 Å². The van der Waals surface area contributed by atoms with Gasteiger partial charge in [-0.05, 0) is 90.4 Å². The van der Waals surface area contributed by atoms with Crippen molar-refractivity contribution >= 4 is 5.78 Å². The molecule has 2 saturated carbocycles. The van der Waals surface area contributed by atoms with Crippen LogP contribution in [0.15, 0.2) is 23.3 Å². The zero-order valence-corrected chi connectivity index (χ0v) is 21.0. The average molecular weight is 427 g/mol. The van der Waals surface area contributed by atoms with Gasteiger partial charge in [0.2, 0.25) is 0 Å². The molecule has 0 radical (unpaired) electrons. The largest absolute Gasteiger partial charge is 0.389 e. The van der Waals surface area contributed by atoms with Gasteiger partial charge in [0, 0.05) is 12.0 Å². The molecule has 0 aromatic rings. The first-order chi connectivity index (χ1) is 14.5. The third-order valence-corrected chi connectivity index (χ3v) is 10.6. The second-order valence-corrected chi connectivity index (χ2v) is 12.6. The van der Waals surface area contributed by atoms with Crippen molar-refractivity contribution < 1.29 is 9.90 Å². The van der Waals surface area contributed by atoms with Crippen LogP contribution >= 0.6 is 0 Å². The van der Waals surface area contributed by atoms with Crippen LogP contribution in [0.4, 0.5) is 0 Å². The summed E-state index contributed by atoms with van der Waals surface area (Å²) in [7, 11) is 0. The van der Waals surface area contributed by atoms with E-state index in [4.69, 9.17) is 0 Å². The molecule has 0 bridgehead atoms. The van der Waals surface area contributed by atoms with Crippen LogP contribution in [0.25, 0.3) is 0 Å². The smallest absolute Gasteiger partial charge is 0.160 e. The summed E-state index contributed by atoms with van der Waals surface area (Å²) in [6, 6.07) is 0. The van der Waals surface area contributed by atoms with Gasteiger partial charge in [-0.2, -0.15) is 0 Å². The molecule has 0 aromatic heterocycles. The highest BCUT2D eigenvalue weighted by molar-refractivity contribution is 5.99. The minimum atomic E-state index is -0.406. The minimum Gasteiger partial charge on any atom is -0.389 e. The van der Waals surface area contributed by atoms with Crippen molar-refractivity contribution in [2.75, 3.05) is 0 Å². The molecule has 4 aliphatic rings. The van der Waals surface area contributed by atoms with E-state index in [9.17, 15) is 9.90 Å². The molecule has 8 atom stereocenters. The summed E-state index contributed by atoms with van der Waals surface area (Å²) in [4.78, 5) is 13.8. The SMILES string of the molecule is C=C(CC[C@@H](C)[C@H]1CC[C@H]2C3=C(C(=O)C[C@]12C)[C@@]1(C)CCC[C@@H](C)C1CC3O)C(C)C. The van der Waals surface area contributed by atoms with Crippen LogP contribution < -0.4 is 0 Å². The number of allylic oxidation sites excluding steroid dienone is 2. The van der Waals surface area contributed by atoms with E-state index in [0.717, 1.165) is 31.3 Å². The lowest BCUT2D eigenvalue weighted by atomic mass is 9.48. The Morgan fingerprint density at radius 1 is 1.19 bits per heavy atom. The fraction of sp³-hybridized carbons (Fsp3) is 0.828. The van der Waals surface area contributed by atoms with Gasteiger partial charge in [0.15, 0.2) is 5.78 Å². The molecule has 2 unspecified atom stereocenters. The Labute approximate surface area is 191 Å². The number of aliphatic hydroxyl groups is 1. The molecule has 0 aliphatic heterocycles. The monoisotopic (exact) mass is 426 g/mol. The van der Waals surface area contributed by atoms with E-state index in [1.54, 1.807) is 0 Å². The van der Waals surface area contributed by atoms with E-state index in [1.807, 2.05) is 0 Å². The normalized spacial score (nSPS) is 43.5. The van der Waals surface area contributed by atoms with Crippen molar-refractivity contribution in [3.63, 3.8) is 0 Å². The molecule has 174 valence electrons. The van der Waals surface area contributed by atoms with E-state index >= 15 is 0 Å². The highest BCUT2D eigenvalue weighted by Crippen LogP contribution is 2.65. The van der Waals surface area contributed by atoms with E-state index in [2.05, 4.69) is 48.1 Å². The lowest BCUT2D eigenvalue weighted by Crippen LogP contribution is -2.52. The third kappa shape index (κ3) is 3.60. The predicted molar refractivity (Wildman–Crippen MR) is 129 cm³/mol. The maximum Gasteiger partial charge on any atom is 0.160 e. The molecule has 2 nitrogen and oxygen atoms in total. The van der Waals surface area contributed by atoms with Crippen LogP contribution in [0, 0.1) is 46.3 Å². The minimum absolute atomic E-state index is 0.0106. The number of carbonyl (C=O) groups is 1. The Balaban J connectivity index is 1.64. The molecule has 2 heteroatoms. The third-order valence-electron chi connectivity index (χ3n) is 10.6. The zero-order chi connectivity index (χ0) is 22.7. The number of ketones is 1. The molecule has 0 amide bonds. The maximum atomic E-state index is 13.8. The summed E-state index contributed by atoms with van der Waals surface area (Å²) in [5, 5.41) is 11.4. The van der Waals surface area contributed by atoms with Crippen molar-refractivity contribution in [2.24, 2.45) is 46.3 Å². The van der Waals surface area contributed by atoms with Crippen molar-refractivity contribution in [3.8, 4) is 0 Å². The van der Waals surface area contributed by atoms with Crippen LogP contribution in [0.3, 0.4) is 0 Å². The highest BCUT2D eigenvalue weighted by Gasteiger charge is 2.60. The van der Waals surface area contributed by atoms with Gasteiger partial charge in [-0.3, -0.25) is 4.79 Å². The van der Waals surface area contributed by atoms with Crippen LogP contribution in [0.1, 0.15) is 99.3 Å². The Hall–Kier alpha value is -0.890. The molecule has 0 spiro atoms. The number of rotatable bonds is 5. The number of aliphatic hydroxyl groups excluding tert-OH is 1. The molecule has 4 aliphatic carbocycles. The van der Waals surface area contributed by atoms with E-state index in [-0.39, 0.29) is 10.8 Å². The van der Waals surface area contributed by atoms with Gasteiger partial charge >= 0.3 is 0 Å². The molecule has 31 heavy (non-hydrogen) atoms. The van der Waals surface area contributed by atoms with Crippen molar-refractivity contribution in [2.45, 2.75) is 105 Å². The number of hydrogen-bond donors (Lipinski definition) is 1. The summed E-state index contributed by atoms with van der Waals surface area (Å²) in [6.07, 6.45) is 9.35. The van der Waals surface area contributed by atoms with Crippen LogP contribution in [0.2, 0.25) is 0 Å². The van der Waals surface area contributed by atoms with Crippen LogP contribution in [0.5, 0.6) is 0 Å². The molecular formula is C29H46O2. The molecular weight excluding hydrogens is 380 g/mol. The fourth-order valence-electron chi connectivity index (χ4n) is 8.66. The first-order valence-corrected chi connectivity index (χ1v) is 13.1. The summed E-state index contributed by atoms with van der Waals surface area (Å²) < 4.78 is 0. The number of carbonyl (C=O) groups excluding carboxylic acids is 1. The second kappa shape index (κ2) is 8.15. The number of Topliss-reactive ketones (excluding diaryl/α,β-unsaturated/α-hetero) is 1. The summed E-state index contributed by atoms with van der Waals surface area (Å²) in [5.41, 5.74) is 3.63. The lowest BCUT2D eigenvalue weighted by Gasteiger charge is -2.56. The Bertz CT molecular complexity index is 776. The zero-order valence-electron chi connectivity index (χ0n) is 21.0. The van der Waals surface area contributed by atoms with Gasteiger partial charge in [-0.25, -0.2) is 0 Å². The molecule has 1 N–H and O–H groups in total. The van der Waals surface area contributed by atoms with Gasteiger partial charge in [-0.15, -0.1) is 0 Å². The van der Waals surface area contributed by atoms with Gasteiger partial charge < -0.3 is 5.11 Å². The van der Waals surface area contributed by atoms with Crippen molar-refractivity contribution in [3.05, 3.63) is 23.3 Å². The second-order valence-electron chi connectivity index (χ2n) is 12.6. The van der Waals surface area contributed by atoms with Crippen LogP contribution in [-0.4, -0.2) is 17.0 Å². The topological polar surface area (TPSA) is 37.3 Å². The first-order valence-electron chi connectivity index (χ1n) is 13.1. The predicted octanol–water partition coefficient (Wildman–Crippen LogP) is 7.12. The number of fused-ring (bicyclic) bond motifs is 4. The van der Waals surface area contributed by atoms with Crippen LogP contribution in [-0.2, 0) is 4.79 Å². The summed E-state index contributed by atoms with van der Waals surface area (Å²) in [5.74, 6) is 3.55. The Morgan fingerprint density at radius 3 is 2.58 bits per heavy atom. The lowest BCUT2D eigenvalue weighted by molar-refractivity contribution is -0.124. The van der Waals surface area contributed by atoms with Gasteiger partial charge in [0.1, 0.15) is 0 Å². The van der Waals surface area contributed by atoms with Gasteiger partial charge in [0.25, 0.3) is 0 Å². The Morgan fingerprint density at radius 2 is 1.90 bits per heavy atom. The molecule has 0 heterocycles.